The van der Waals surface area contributed by atoms with Crippen LogP contribution in [0, 0.1) is 0 Å². The molecule has 8 heteroatoms. The average Bonchev–Trinajstić information content (AvgIpc) is 3.07. The van der Waals surface area contributed by atoms with Gasteiger partial charge in [-0.3, -0.25) is 0 Å². The molecule has 1 atom stereocenters. The largest absolute Gasteiger partial charge is 0.381 e. The van der Waals surface area contributed by atoms with E-state index in [1.54, 1.807) is 12.5 Å². The van der Waals surface area contributed by atoms with Gasteiger partial charge in [-0.05, 0) is 31.4 Å². The summed E-state index contributed by atoms with van der Waals surface area (Å²) in [5.74, 6) is 0.944. The topological polar surface area (TPSA) is 78.3 Å². The number of aromatic nitrogens is 3. The van der Waals surface area contributed by atoms with Crippen molar-refractivity contribution in [3.63, 3.8) is 0 Å². The van der Waals surface area contributed by atoms with Crippen molar-refractivity contribution >= 4 is 17.5 Å². The molecule has 2 N–H and O–H groups in total. The van der Waals surface area contributed by atoms with Gasteiger partial charge in [0.15, 0.2) is 0 Å². The number of imidazole rings is 1. The number of rotatable bonds is 6. The molecule has 3 rings (SSSR count). The number of anilines is 2. The lowest BCUT2D eigenvalue weighted by atomic mass is 10.1. The van der Waals surface area contributed by atoms with Gasteiger partial charge in [-0.25, -0.2) is 14.8 Å². The Balaban J connectivity index is 1.43. The smallest absolute Gasteiger partial charge is 0.317 e. The van der Waals surface area contributed by atoms with Crippen LogP contribution in [-0.4, -0.2) is 65.2 Å². The number of amides is 2. The van der Waals surface area contributed by atoms with Crippen LogP contribution in [0.5, 0.6) is 0 Å². The molecule has 1 fully saturated rings. The Kier molecular flexibility index (Phi) is 6.51. The van der Waals surface area contributed by atoms with Crippen molar-refractivity contribution < 1.29 is 4.79 Å². The zero-order chi connectivity index (χ0) is 19.1. The molecule has 2 aromatic rings. The highest BCUT2D eigenvalue weighted by molar-refractivity contribution is 5.74. The second-order valence-electron chi connectivity index (χ2n) is 7.09. The fourth-order valence-corrected chi connectivity index (χ4v) is 3.24. The molecule has 0 saturated carbocycles. The van der Waals surface area contributed by atoms with Crippen molar-refractivity contribution in [1.29, 1.82) is 0 Å². The molecular formula is C19H29N7O. The maximum absolute atomic E-state index is 12.4. The van der Waals surface area contributed by atoms with E-state index in [4.69, 9.17) is 0 Å². The average molecular weight is 371 g/mol. The number of urea groups is 1. The SMILES string of the molecule is CN(C)c1ccc(N[C@H]2CCCN(C(=O)NCCn3ccnc3)CC2)cn1. The number of nitrogens with one attached hydrogen (secondary N) is 2. The van der Waals surface area contributed by atoms with Gasteiger partial charge in [0.1, 0.15) is 5.82 Å². The third kappa shape index (κ3) is 5.60. The van der Waals surface area contributed by atoms with Crippen molar-refractivity contribution in [2.24, 2.45) is 0 Å². The molecule has 0 unspecified atom stereocenters. The van der Waals surface area contributed by atoms with Crippen LogP contribution in [0.25, 0.3) is 0 Å². The molecule has 0 spiro atoms. The van der Waals surface area contributed by atoms with E-state index in [1.165, 1.54) is 0 Å². The van der Waals surface area contributed by atoms with E-state index in [0.717, 1.165) is 50.4 Å². The highest BCUT2D eigenvalue weighted by Gasteiger charge is 2.20. The second kappa shape index (κ2) is 9.25. The summed E-state index contributed by atoms with van der Waals surface area (Å²) in [6, 6.07) is 4.46. The summed E-state index contributed by atoms with van der Waals surface area (Å²) < 4.78 is 1.96. The molecule has 27 heavy (non-hydrogen) atoms. The Bertz CT molecular complexity index is 699. The summed E-state index contributed by atoms with van der Waals surface area (Å²) in [5.41, 5.74) is 1.03. The number of pyridine rings is 1. The standard InChI is InChI=1S/C19H29N7O/c1-24(2)18-6-5-17(14-22-18)23-16-4-3-10-26(11-7-16)19(27)21-9-13-25-12-8-20-15-25/h5-6,8,12,14-16,23H,3-4,7,9-11,13H2,1-2H3,(H,21,27)/t16-/m0/s1. The minimum absolute atomic E-state index is 0.0211. The molecule has 1 aliphatic rings. The van der Waals surface area contributed by atoms with Crippen LogP contribution in [0.15, 0.2) is 37.1 Å². The lowest BCUT2D eigenvalue weighted by Gasteiger charge is -2.22. The van der Waals surface area contributed by atoms with Crippen molar-refractivity contribution in [3.05, 3.63) is 37.1 Å². The van der Waals surface area contributed by atoms with E-state index in [-0.39, 0.29) is 6.03 Å². The molecule has 0 aromatic carbocycles. The van der Waals surface area contributed by atoms with Crippen LogP contribution in [0.1, 0.15) is 19.3 Å². The zero-order valence-electron chi connectivity index (χ0n) is 16.1. The number of nitrogens with zero attached hydrogens (tertiary/aromatic N) is 5. The molecular weight excluding hydrogens is 342 g/mol. The Morgan fingerprint density at radius 2 is 2.19 bits per heavy atom. The Hall–Kier alpha value is -2.77. The van der Waals surface area contributed by atoms with Crippen LogP contribution in [0.2, 0.25) is 0 Å². The summed E-state index contributed by atoms with van der Waals surface area (Å²) in [7, 11) is 3.96. The molecule has 8 nitrogen and oxygen atoms in total. The number of hydrogen-bond donors (Lipinski definition) is 2. The summed E-state index contributed by atoms with van der Waals surface area (Å²) in [6.45, 7) is 2.90. The van der Waals surface area contributed by atoms with Crippen molar-refractivity contribution in [3.8, 4) is 0 Å². The van der Waals surface area contributed by atoms with Gasteiger partial charge in [0.05, 0.1) is 18.2 Å². The first-order chi connectivity index (χ1) is 13.1. The van der Waals surface area contributed by atoms with E-state index >= 15 is 0 Å². The van der Waals surface area contributed by atoms with Crippen LogP contribution in [0.4, 0.5) is 16.3 Å². The van der Waals surface area contributed by atoms with Gasteiger partial charge in [-0.15, -0.1) is 0 Å². The predicted molar refractivity (Wildman–Crippen MR) is 107 cm³/mol. The zero-order valence-corrected chi connectivity index (χ0v) is 16.1. The summed E-state index contributed by atoms with van der Waals surface area (Å²) >= 11 is 0. The van der Waals surface area contributed by atoms with Crippen LogP contribution in [0.3, 0.4) is 0 Å². The minimum atomic E-state index is 0.0211. The van der Waals surface area contributed by atoms with E-state index in [0.29, 0.717) is 12.6 Å². The Morgan fingerprint density at radius 1 is 1.30 bits per heavy atom. The van der Waals surface area contributed by atoms with Crippen molar-refractivity contribution in [1.82, 2.24) is 24.8 Å². The first-order valence-corrected chi connectivity index (χ1v) is 9.50. The van der Waals surface area contributed by atoms with Crippen LogP contribution in [-0.2, 0) is 6.54 Å². The number of carbonyl (C=O) groups excluding carboxylic acids is 1. The summed E-state index contributed by atoms with van der Waals surface area (Å²) in [4.78, 5) is 24.8. The van der Waals surface area contributed by atoms with Gasteiger partial charge >= 0.3 is 6.03 Å². The fraction of sp³-hybridized carbons (Fsp3) is 0.526. The van der Waals surface area contributed by atoms with Gasteiger partial charge in [0.25, 0.3) is 0 Å². The normalized spacial score (nSPS) is 17.3. The maximum Gasteiger partial charge on any atom is 0.317 e. The highest BCUT2D eigenvalue weighted by Crippen LogP contribution is 2.18. The molecule has 0 aliphatic carbocycles. The summed E-state index contributed by atoms with van der Waals surface area (Å²) in [6.07, 6.45) is 10.3. The number of carbonyl (C=O) groups is 1. The van der Waals surface area contributed by atoms with Gasteiger partial charge in [-0.2, -0.15) is 0 Å². The van der Waals surface area contributed by atoms with Crippen LogP contribution >= 0.6 is 0 Å². The minimum Gasteiger partial charge on any atom is -0.381 e. The molecule has 2 amide bonds. The fourth-order valence-electron chi connectivity index (χ4n) is 3.24. The molecule has 1 aliphatic heterocycles. The molecule has 0 bridgehead atoms. The van der Waals surface area contributed by atoms with Gasteiger partial charge < -0.3 is 25.0 Å². The third-order valence-corrected chi connectivity index (χ3v) is 4.80. The van der Waals surface area contributed by atoms with E-state index in [1.807, 2.05) is 46.9 Å². The number of hydrogen-bond acceptors (Lipinski definition) is 5. The van der Waals surface area contributed by atoms with Crippen LogP contribution < -0.4 is 15.5 Å². The van der Waals surface area contributed by atoms with E-state index in [9.17, 15) is 4.79 Å². The van der Waals surface area contributed by atoms with Crippen molar-refractivity contribution in [2.45, 2.75) is 31.8 Å². The quantitative estimate of drug-likeness (QED) is 0.812. The van der Waals surface area contributed by atoms with Crippen molar-refractivity contribution in [2.75, 3.05) is 43.9 Å². The van der Waals surface area contributed by atoms with Gasteiger partial charge in [-0.1, -0.05) is 0 Å². The summed E-state index contributed by atoms with van der Waals surface area (Å²) in [5, 5.41) is 6.56. The van der Waals surface area contributed by atoms with Gasteiger partial charge in [0, 0.05) is 58.7 Å². The predicted octanol–water partition coefficient (Wildman–Crippen LogP) is 2.02. The Morgan fingerprint density at radius 3 is 2.89 bits per heavy atom. The first kappa shape index (κ1) is 19.0. The third-order valence-electron chi connectivity index (χ3n) is 4.80. The lowest BCUT2D eigenvalue weighted by Crippen LogP contribution is -2.41. The first-order valence-electron chi connectivity index (χ1n) is 9.50. The van der Waals surface area contributed by atoms with E-state index in [2.05, 4.69) is 26.7 Å². The Labute approximate surface area is 160 Å². The maximum atomic E-state index is 12.4. The molecule has 1 saturated heterocycles. The molecule has 0 radical (unpaired) electrons. The molecule has 2 aromatic heterocycles. The van der Waals surface area contributed by atoms with Gasteiger partial charge in [0.2, 0.25) is 0 Å². The molecule has 3 heterocycles. The number of likely N-dealkylation sites (tertiary alicyclic amines) is 1. The molecule has 146 valence electrons. The second-order valence-corrected chi connectivity index (χ2v) is 7.09. The lowest BCUT2D eigenvalue weighted by molar-refractivity contribution is 0.199. The highest BCUT2D eigenvalue weighted by atomic mass is 16.2. The monoisotopic (exact) mass is 371 g/mol. The van der Waals surface area contributed by atoms with E-state index < -0.39 is 0 Å².